The maximum Gasteiger partial charge on any atom is 0.309 e. The molecule has 2 amide bonds. The minimum atomic E-state index is -0.282. The lowest BCUT2D eigenvalue weighted by Crippen LogP contribution is -2.41. The number of hydrogen-bond acceptors (Lipinski definition) is 6. The number of halogens is 1. The first-order valence-corrected chi connectivity index (χ1v) is 10.7. The number of carbonyl (C=O) groups excluding carboxylic acids is 3. The maximum atomic E-state index is 12.5. The van der Waals surface area contributed by atoms with E-state index in [0.717, 1.165) is 0 Å². The molecule has 0 spiro atoms. The van der Waals surface area contributed by atoms with Gasteiger partial charge >= 0.3 is 5.97 Å². The fourth-order valence-electron chi connectivity index (χ4n) is 3.11. The number of aromatic nitrogens is 1. The van der Waals surface area contributed by atoms with Crippen LogP contribution in [0.1, 0.15) is 35.8 Å². The highest BCUT2D eigenvalue weighted by atomic mass is 35.5. The molecule has 1 aromatic carbocycles. The number of anilines is 1. The molecule has 154 valence electrons. The number of ether oxygens (including phenoxy) is 1. The standard InChI is InChI=1S/C20H22ClN3O4S/c1-2-28-19(27)14-7-9-24(10-8-14)17(25)11-16-12-29-20(22-16)23-18(26)13-3-5-15(21)6-4-13/h3-6,12,14H,2,7-11H2,1H3,(H,22,23,26). The van der Waals surface area contributed by atoms with Gasteiger partial charge in [0.15, 0.2) is 5.13 Å². The number of likely N-dealkylation sites (tertiary alicyclic amines) is 1. The second-order valence-corrected chi connectivity index (χ2v) is 7.98. The van der Waals surface area contributed by atoms with E-state index in [0.29, 0.717) is 53.9 Å². The molecule has 1 fully saturated rings. The Kier molecular flexibility index (Phi) is 7.22. The van der Waals surface area contributed by atoms with Gasteiger partial charge in [0, 0.05) is 29.1 Å². The molecular weight excluding hydrogens is 414 g/mol. The molecule has 0 atom stereocenters. The molecule has 1 N–H and O–H groups in total. The van der Waals surface area contributed by atoms with Gasteiger partial charge in [-0.2, -0.15) is 0 Å². The second-order valence-electron chi connectivity index (χ2n) is 6.69. The van der Waals surface area contributed by atoms with Gasteiger partial charge in [0.25, 0.3) is 5.91 Å². The van der Waals surface area contributed by atoms with Crippen LogP contribution in [0.3, 0.4) is 0 Å². The van der Waals surface area contributed by atoms with Crippen LogP contribution < -0.4 is 5.32 Å². The number of piperidine rings is 1. The average Bonchev–Trinajstić information content (AvgIpc) is 3.15. The quantitative estimate of drug-likeness (QED) is 0.702. The van der Waals surface area contributed by atoms with E-state index in [1.165, 1.54) is 11.3 Å². The fraction of sp³-hybridized carbons (Fsp3) is 0.400. The molecule has 0 unspecified atom stereocenters. The molecule has 0 aliphatic carbocycles. The first kappa shape index (κ1) is 21.3. The van der Waals surface area contributed by atoms with Gasteiger partial charge < -0.3 is 9.64 Å². The summed E-state index contributed by atoms with van der Waals surface area (Å²) in [6.07, 6.45) is 1.39. The third-order valence-corrected chi connectivity index (χ3v) is 5.74. The minimum Gasteiger partial charge on any atom is -0.466 e. The zero-order valence-corrected chi connectivity index (χ0v) is 17.6. The van der Waals surface area contributed by atoms with Crippen molar-refractivity contribution in [2.75, 3.05) is 25.0 Å². The lowest BCUT2D eigenvalue weighted by Gasteiger charge is -2.30. The van der Waals surface area contributed by atoms with Gasteiger partial charge in [-0.05, 0) is 44.0 Å². The summed E-state index contributed by atoms with van der Waals surface area (Å²) < 4.78 is 5.05. The highest BCUT2D eigenvalue weighted by molar-refractivity contribution is 7.14. The van der Waals surface area contributed by atoms with Crippen molar-refractivity contribution in [1.29, 1.82) is 0 Å². The first-order chi connectivity index (χ1) is 14.0. The van der Waals surface area contributed by atoms with Crippen molar-refractivity contribution in [2.24, 2.45) is 5.92 Å². The summed E-state index contributed by atoms with van der Waals surface area (Å²) in [5, 5.41) is 5.49. The number of rotatable bonds is 6. The van der Waals surface area contributed by atoms with Gasteiger partial charge in [-0.1, -0.05) is 11.6 Å². The molecule has 29 heavy (non-hydrogen) atoms. The van der Waals surface area contributed by atoms with Crippen molar-refractivity contribution in [2.45, 2.75) is 26.2 Å². The van der Waals surface area contributed by atoms with E-state index in [1.54, 1.807) is 41.5 Å². The summed E-state index contributed by atoms with van der Waals surface area (Å²) >= 11 is 7.10. The van der Waals surface area contributed by atoms with E-state index in [-0.39, 0.29) is 30.1 Å². The molecule has 2 aromatic rings. The molecule has 0 bridgehead atoms. The SMILES string of the molecule is CCOC(=O)C1CCN(C(=O)Cc2csc(NC(=O)c3ccc(Cl)cc3)n2)CC1. The third kappa shape index (κ3) is 5.77. The molecule has 0 radical (unpaired) electrons. The Morgan fingerprint density at radius 1 is 1.24 bits per heavy atom. The molecule has 1 aliphatic rings. The number of thiazole rings is 1. The van der Waals surface area contributed by atoms with Gasteiger partial charge in [0.05, 0.1) is 24.6 Å². The number of esters is 1. The predicted octanol–water partition coefficient (Wildman–Crippen LogP) is 3.39. The molecule has 0 saturated carbocycles. The Balaban J connectivity index is 1.50. The van der Waals surface area contributed by atoms with Crippen LogP contribution in [0.2, 0.25) is 5.02 Å². The van der Waals surface area contributed by atoms with Crippen LogP contribution >= 0.6 is 22.9 Å². The van der Waals surface area contributed by atoms with E-state index in [1.807, 2.05) is 0 Å². The van der Waals surface area contributed by atoms with Gasteiger partial charge in [-0.3, -0.25) is 19.7 Å². The molecular formula is C20H22ClN3O4S. The van der Waals surface area contributed by atoms with Crippen LogP contribution in [-0.2, 0) is 20.7 Å². The minimum absolute atomic E-state index is 0.0341. The number of amides is 2. The Labute approximate surface area is 178 Å². The predicted molar refractivity (Wildman–Crippen MR) is 111 cm³/mol. The van der Waals surface area contributed by atoms with Crippen molar-refractivity contribution >= 4 is 45.9 Å². The number of nitrogens with one attached hydrogen (secondary N) is 1. The Hall–Kier alpha value is -2.45. The lowest BCUT2D eigenvalue weighted by molar-refractivity contribution is -0.151. The smallest absolute Gasteiger partial charge is 0.309 e. The summed E-state index contributed by atoms with van der Waals surface area (Å²) in [4.78, 5) is 42.7. The molecule has 1 aromatic heterocycles. The Morgan fingerprint density at radius 3 is 2.59 bits per heavy atom. The number of benzene rings is 1. The zero-order chi connectivity index (χ0) is 20.8. The molecule has 3 rings (SSSR count). The lowest BCUT2D eigenvalue weighted by atomic mass is 9.97. The summed E-state index contributed by atoms with van der Waals surface area (Å²) in [6, 6.07) is 6.56. The normalized spacial score (nSPS) is 14.5. The highest BCUT2D eigenvalue weighted by Gasteiger charge is 2.28. The average molecular weight is 436 g/mol. The zero-order valence-electron chi connectivity index (χ0n) is 16.0. The van der Waals surface area contributed by atoms with E-state index >= 15 is 0 Å². The van der Waals surface area contributed by atoms with Crippen LogP contribution in [0.5, 0.6) is 0 Å². The second kappa shape index (κ2) is 9.84. The van der Waals surface area contributed by atoms with E-state index < -0.39 is 0 Å². The Bertz CT molecular complexity index is 876. The summed E-state index contributed by atoms with van der Waals surface area (Å²) in [5.41, 5.74) is 1.09. The first-order valence-electron chi connectivity index (χ1n) is 9.42. The van der Waals surface area contributed by atoms with E-state index in [4.69, 9.17) is 16.3 Å². The number of carbonyl (C=O) groups is 3. The van der Waals surface area contributed by atoms with Crippen LogP contribution in [0.25, 0.3) is 0 Å². The van der Waals surface area contributed by atoms with Gasteiger partial charge in [0.1, 0.15) is 0 Å². The monoisotopic (exact) mass is 435 g/mol. The molecule has 1 aliphatic heterocycles. The maximum absolute atomic E-state index is 12.5. The Morgan fingerprint density at radius 2 is 1.93 bits per heavy atom. The molecule has 1 saturated heterocycles. The van der Waals surface area contributed by atoms with Gasteiger partial charge in [0.2, 0.25) is 5.91 Å². The number of hydrogen-bond donors (Lipinski definition) is 1. The van der Waals surface area contributed by atoms with Gasteiger partial charge in [-0.15, -0.1) is 11.3 Å². The molecule has 7 nitrogen and oxygen atoms in total. The van der Waals surface area contributed by atoms with Crippen LogP contribution in [0.15, 0.2) is 29.6 Å². The van der Waals surface area contributed by atoms with Gasteiger partial charge in [-0.25, -0.2) is 4.98 Å². The highest BCUT2D eigenvalue weighted by Crippen LogP contribution is 2.21. The topological polar surface area (TPSA) is 88.6 Å². The van der Waals surface area contributed by atoms with Crippen molar-refractivity contribution in [3.63, 3.8) is 0 Å². The van der Waals surface area contributed by atoms with Crippen molar-refractivity contribution in [3.05, 3.63) is 45.9 Å². The van der Waals surface area contributed by atoms with E-state index in [2.05, 4.69) is 10.3 Å². The van der Waals surface area contributed by atoms with Crippen LogP contribution in [-0.4, -0.2) is 47.4 Å². The van der Waals surface area contributed by atoms with Crippen molar-refractivity contribution in [1.82, 2.24) is 9.88 Å². The number of nitrogens with zero attached hydrogens (tertiary/aromatic N) is 2. The van der Waals surface area contributed by atoms with Crippen LogP contribution in [0.4, 0.5) is 5.13 Å². The van der Waals surface area contributed by atoms with E-state index in [9.17, 15) is 14.4 Å². The molecule has 2 heterocycles. The summed E-state index contributed by atoms with van der Waals surface area (Å²) in [6.45, 7) is 3.23. The summed E-state index contributed by atoms with van der Waals surface area (Å²) in [7, 11) is 0. The third-order valence-electron chi connectivity index (χ3n) is 4.68. The fourth-order valence-corrected chi connectivity index (χ4v) is 3.94. The molecule has 9 heteroatoms. The summed E-state index contributed by atoms with van der Waals surface area (Å²) in [5.74, 6) is -0.628. The van der Waals surface area contributed by atoms with Crippen LogP contribution in [0, 0.1) is 5.92 Å². The largest absolute Gasteiger partial charge is 0.466 e. The van der Waals surface area contributed by atoms with Crippen molar-refractivity contribution in [3.8, 4) is 0 Å². The van der Waals surface area contributed by atoms with Crippen molar-refractivity contribution < 1.29 is 19.1 Å².